The SMILES string of the molecule is O=C(Nc1cnn(Cc2cccc(F)c2)c1)c1cc(-c2ccns2)on1. The number of benzene rings is 1. The van der Waals surface area contributed by atoms with Gasteiger partial charge in [0.15, 0.2) is 11.5 Å². The van der Waals surface area contributed by atoms with Crippen molar-refractivity contribution in [1.29, 1.82) is 0 Å². The lowest BCUT2D eigenvalue weighted by molar-refractivity contribution is 0.101. The highest BCUT2D eigenvalue weighted by Gasteiger charge is 2.15. The van der Waals surface area contributed by atoms with Gasteiger partial charge >= 0.3 is 0 Å². The molecule has 0 radical (unpaired) electrons. The zero-order chi connectivity index (χ0) is 17.9. The van der Waals surface area contributed by atoms with E-state index in [0.717, 1.165) is 10.4 Å². The molecule has 1 N–H and O–H groups in total. The zero-order valence-corrected chi connectivity index (χ0v) is 14.1. The van der Waals surface area contributed by atoms with Crippen LogP contribution in [0.4, 0.5) is 10.1 Å². The molecule has 3 heterocycles. The van der Waals surface area contributed by atoms with Crippen LogP contribution in [0.2, 0.25) is 0 Å². The van der Waals surface area contributed by atoms with Gasteiger partial charge in [0.25, 0.3) is 5.91 Å². The number of nitrogens with zero attached hydrogens (tertiary/aromatic N) is 4. The molecule has 0 fully saturated rings. The van der Waals surface area contributed by atoms with Gasteiger partial charge in [0.05, 0.1) is 23.3 Å². The van der Waals surface area contributed by atoms with Crippen molar-refractivity contribution in [3.8, 4) is 10.6 Å². The number of amides is 1. The molecule has 7 nitrogen and oxygen atoms in total. The van der Waals surface area contributed by atoms with E-state index in [2.05, 4.69) is 19.9 Å². The molecule has 0 atom stereocenters. The maximum Gasteiger partial charge on any atom is 0.277 e. The third-order valence-corrected chi connectivity index (χ3v) is 4.31. The Morgan fingerprint density at radius 1 is 1.31 bits per heavy atom. The Labute approximate surface area is 151 Å². The number of rotatable bonds is 5. The molecule has 26 heavy (non-hydrogen) atoms. The molecule has 0 bridgehead atoms. The Balaban J connectivity index is 1.43. The van der Waals surface area contributed by atoms with E-state index in [9.17, 15) is 9.18 Å². The molecule has 1 aromatic carbocycles. The van der Waals surface area contributed by atoms with Crippen molar-refractivity contribution in [3.63, 3.8) is 0 Å². The number of anilines is 1. The Bertz CT molecular complexity index is 1040. The van der Waals surface area contributed by atoms with E-state index in [0.29, 0.717) is 18.0 Å². The van der Waals surface area contributed by atoms with E-state index in [1.807, 2.05) is 0 Å². The van der Waals surface area contributed by atoms with Crippen molar-refractivity contribution in [2.75, 3.05) is 5.32 Å². The van der Waals surface area contributed by atoms with Gasteiger partial charge in [-0.1, -0.05) is 17.3 Å². The highest BCUT2D eigenvalue weighted by molar-refractivity contribution is 7.09. The molecule has 0 aliphatic heterocycles. The summed E-state index contributed by atoms with van der Waals surface area (Å²) < 4.78 is 24.0. The van der Waals surface area contributed by atoms with Crippen molar-refractivity contribution in [2.45, 2.75) is 6.54 Å². The quantitative estimate of drug-likeness (QED) is 0.582. The summed E-state index contributed by atoms with van der Waals surface area (Å²) in [6, 6.07) is 9.61. The largest absolute Gasteiger partial charge is 0.355 e. The second kappa shape index (κ2) is 6.89. The third kappa shape index (κ3) is 3.52. The van der Waals surface area contributed by atoms with Crippen LogP contribution in [0, 0.1) is 5.82 Å². The van der Waals surface area contributed by atoms with Gasteiger partial charge in [0.2, 0.25) is 0 Å². The average molecular weight is 369 g/mol. The van der Waals surface area contributed by atoms with Crippen molar-refractivity contribution < 1.29 is 13.7 Å². The first kappa shape index (κ1) is 16.2. The highest BCUT2D eigenvalue weighted by atomic mass is 32.1. The highest BCUT2D eigenvalue weighted by Crippen LogP contribution is 2.23. The Kier molecular flexibility index (Phi) is 4.28. The van der Waals surface area contributed by atoms with Crippen LogP contribution in [0.3, 0.4) is 0 Å². The van der Waals surface area contributed by atoms with E-state index in [1.165, 1.54) is 29.9 Å². The first-order valence-electron chi connectivity index (χ1n) is 7.63. The molecule has 0 saturated heterocycles. The van der Waals surface area contributed by atoms with Gasteiger partial charge in [0, 0.05) is 18.5 Å². The Morgan fingerprint density at radius 3 is 3.04 bits per heavy atom. The number of hydrogen-bond donors (Lipinski definition) is 1. The summed E-state index contributed by atoms with van der Waals surface area (Å²) in [5.74, 6) is -0.222. The standard InChI is InChI=1S/C17H12FN5O2S/c18-12-3-1-2-11(6-12)9-23-10-13(8-19-23)21-17(24)14-7-15(25-22-14)16-4-5-20-26-16/h1-8,10H,9H2,(H,21,24). The molecule has 4 rings (SSSR count). The van der Waals surface area contributed by atoms with Crippen LogP contribution in [0.1, 0.15) is 16.1 Å². The number of carbonyl (C=O) groups excluding carboxylic acids is 1. The molecule has 3 aromatic heterocycles. The molecule has 130 valence electrons. The minimum Gasteiger partial charge on any atom is -0.355 e. The van der Waals surface area contributed by atoms with Crippen molar-refractivity contribution >= 4 is 23.1 Å². The third-order valence-electron chi connectivity index (χ3n) is 3.55. The van der Waals surface area contributed by atoms with Crippen molar-refractivity contribution in [1.82, 2.24) is 19.3 Å². The minimum absolute atomic E-state index is 0.159. The second-order valence-electron chi connectivity index (χ2n) is 5.46. The zero-order valence-electron chi connectivity index (χ0n) is 13.3. The number of carbonyl (C=O) groups is 1. The average Bonchev–Trinajstić information content (AvgIpc) is 3.36. The lowest BCUT2D eigenvalue weighted by Gasteiger charge is -2.01. The summed E-state index contributed by atoms with van der Waals surface area (Å²) in [5.41, 5.74) is 1.44. The predicted molar refractivity (Wildman–Crippen MR) is 93.3 cm³/mol. The maximum atomic E-state index is 13.2. The molecule has 1 amide bonds. The molecule has 9 heteroatoms. The van der Waals surface area contributed by atoms with E-state index in [-0.39, 0.29) is 11.5 Å². The number of nitrogens with one attached hydrogen (secondary N) is 1. The smallest absolute Gasteiger partial charge is 0.277 e. The monoisotopic (exact) mass is 369 g/mol. The molecular formula is C17H12FN5O2S. The van der Waals surface area contributed by atoms with Crippen LogP contribution in [-0.4, -0.2) is 25.2 Å². The summed E-state index contributed by atoms with van der Waals surface area (Å²) in [6.07, 6.45) is 4.82. The van der Waals surface area contributed by atoms with Gasteiger partial charge in [-0.05, 0) is 35.3 Å². The predicted octanol–water partition coefficient (Wildman–Crippen LogP) is 3.43. The summed E-state index contributed by atoms with van der Waals surface area (Å²) in [5, 5.41) is 10.6. The van der Waals surface area contributed by atoms with Gasteiger partial charge in [-0.25, -0.2) is 8.76 Å². The van der Waals surface area contributed by atoms with E-state index in [1.54, 1.807) is 41.3 Å². The van der Waals surface area contributed by atoms with Crippen LogP contribution < -0.4 is 5.32 Å². The minimum atomic E-state index is -0.408. The fourth-order valence-corrected chi connectivity index (χ4v) is 2.92. The number of aromatic nitrogens is 4. The van der Waals surface area contributed by atoms with E-state index >= 15 is 0 Å². The van der Waals surface area contributed by atoms with Gasteiger partial charge in [-0.3, -0.25) is 9.48 Å². The van der Waals surface area contributed by atoms with Crippen LogP contribution in [0.5, 0.6) is 0 Å². The van der Waals surface area contributed by atoms with Crippen LogP contribution in [0.15, 0.2) is 59.5 Å². The Hall–Kier alpha value is -3.33. The molecule has 0 aliphatic rings. The lowest BCUT2D eigenvalue weighted by atomic mass is 10.2. The van der Waals surface area contributed by atoms with E-state index < -0.39 is 5.91 Å². The first-order chi connectivity index (χ1) is 12.7. The normalized spacial score (nSPS) is 10.8. The van der Waals surface area contributed by atoms with Crippen LogP contribution >= 0.6 is 11.5 Å². The molecule has 0 saturated carbocycles. The topological polar surface area (TPSA) is 85.8 Å². The van der Waals surface area contributed by atoms with Crippen LogP contribution in [0.25, 0.3) is 10.6 Å². The number of halogens is 1. The lowest BCUT2D eigenvalue weighted by Crippen LogP contribution is -2.11. The Morgan fingerprint density at radius 2 is 2.23 bits per heavy atom. The molecule has 4 aromatic rings. The summed E-state index contributed by atoms with van der Waals surface area (Å²) >= 11 is 1.25. The summed E-state index contributed by atoms with van der Waals surface area (Å²) in [6.45, 7) is 0.396. The molecule has 0 unspecified atom stereocenters. The van der Waals surface area contributed by atoms with Gasteiger partial charge < -0.3 is 9.84 Å². The van der Waals surface area contributed by atoms with Gasteiger partial charge in [0.1, 0.15) is 5.82 Å². The van der Waals surface area contributed by atoms with Crippen LogP contribution in [-0.2, 0) is 6.54 Å². The second-order valence-corrected chi connectivity index (χ2v) is 6.30. The summed E-state index contributed by atoms with van der Waals surface area (Å²) in [7, 11) is 0. The summed E-state index contributed by atoms with van der Waals surface area (Å²) in [4.78, 5) is 13.1. The van der Waals surface area contributed by atoms with Gasteiger partial charge in [-0.15, -0.1) is 0 Å². The van der Waals surface area contributed by atoms with Gasteiger partial charge in [-0.2, -0.15) is 5.10 Å². The van der Waals surface area contributed by atoms with E-state index in [4.69, 9.17) is 4.52 Å². The fraction of sp³-hybridized carbons (Fsp3) is 0.0588. The fourth-order valence-electron chi connectivity index (χ4n) is 2.37. The van der Waals surface area contributed by atoms with Crippen molar-refractivity contribution in [3.05, 3.63) is 72.1 Å². The first-order valence-corrected chi connectivity index (χ1v) is 8.41. The molecular weight excluding hydrogens is 357 g/mol. The van der Waals surface area contributed by atoms with Crippen molar-refractivity contribution in [2.24, 2.45) is 0 Å². The molecule has 0 spiro atoms. The molecule has 0 aliphatic carbocycles. The maximum absolute atomic E-state index is 13.2. The number of hydrogen-bond acceptors (Lipinski definition) is 6.